The minimum Gasteiger partial charge on any atom is -0.494 e. The Morgan fingerprint density at radius 3 is 2.46 bits per heavy atom. The second-order valence-electron chi connectivity index (χ2n) is 11.7. The first kappa shape index (κ1) is 34.2. The van der Waals surface area contributed by atoms with Crippen molar-refractivity contribution in [2.45, 2.75) is 33.4 Å². The summed E-state index contributed by atoms with van der Waals surface area (Å²) in [5.41, 5.74) is 9.84. The second kappa shape index (κ2) is 14.1. The van der Waals surface area contributed by atoms with Gasteiger partial charge in [-0.1, -0.05) is 12.1 Å². The van der Waals surface area contributed by atoms with E-state index in [0.717, 1.165) is 39.3 Å². The molecular formula is C37H32F2N4O6S. The summed E-state index contributed by atoms with van der Waals surface area (Å²) < 4.78 is 40.0. The number of carboxylic acid groups (broad SMARTS) is 1. The van der Waals surface area contributed by atoms with Gasteiger partial charge >= 0.3 is 5.97 Å². The van der Waals surface area contributed by atoms with Crippen LogP contribution in [0.3, 0.4) is 0 Å². The van der Waals surface area contributed by atoms with E-state index in [1.165, 1.54) is 30.6 Å². The van der Waals surface area contributed by atoms with E-state index < -0.39 is 47.2 Å². The number of hydrogen-bond donors (Lipinski definition) is 4. The van der Waals surface area contributed by atoms with Gasteiger partial charge in [-0.05, 0) is 83.9 Å². The molecule has 0 spiro atoms. The Labute approximate surface area is 289 Å². The molecule has 5 N–H and O–H groups in total. The number of rotatable bonds is 9. The van der Waals surface area contributed by atoms with Crippen LogP contribution < -0.4 is 25.8 Å². The van der Waals surface area contributed by atoms with Crippen LogP contribution in [0, 0.1) is 25.5 Å². The highest BCUT2D eigenvalue weighted by molar-refractivity contribution is 7.13. The van der Waals surface area contributed by atoms with Crippen molar-refractivity contribution in [1.29, 1.82) is 0 Å². The number of nitrogens with two attached hydrogens (primary N) is 1. The fraction of sp³-hybridized carbons (Fsp3) is 0.189. The normalized spacial score (nSPS) is 11.9. The lowest BCUT2D eigenvalue weighted by molar-refractivity contribution is 0.0691. The monoisotopic (exact) mass is 698 g/mol. The summed E-state index contributed by atoms with van der Waals surface area (Å²) in [7, 11) is 1.23. The van der Waals surface area contributed by atoms with Crippen molar-refractivity contribution in [1.82, 2.24) is 10.3 Å². The molecule has 2 amide bonds. The molecule has 0 unspecified atom stereocenters. The average molecular weight is 699 g/mol. The van der Waals surface area contributed by atoms with Crippen LogP contribution in [0.25, 0.3) is 21.6 Å². The van der Waals surface area contributed by atoms with Crippen LogP contribution in [-0.2, 0) is 19.5 Å². The van der Waals surface area contributed by atoms with Gasteiger partial charge in [0.2, 0.25) is 0 Å². The maximum atomic E-state index is 14.7. The number of benzene rings is 3. The molecule has 6 rings (SSSR count). The van der Waals surface area contributed by atoms with Gasteiger partial charge in [-0.25, -0.2) is 18.6 Å². The van der Waals surface area contributed by atoms with E-state index in [1.54, 1.807) is 12.1 Å². The highest BCUT2D eigenvalue weighted by Crippen LogP contribution is 2.43. The molecule has 0 radical (unpaired) electrons. The van der Waals surface area contributed by atoms with Crippen molar-refractivity contribution >= 4 is 34.8 Å². The maximum absolute atomic E-state index is 14.7. The van der Waals surface area contributed by atoms with Gasteiger partial charge < -0.3 is 30.9 Å². The Balaban J connectivity index is 1.42. The molecule has 2 aromatic heterocycles. The van der Waals surface area contributed by atoms with Crippen molar-refractivity contribution in [3.8, 4) is 33.1 Å². The van der Waals surface area contributed by atoms with Crippen molar-refractivity contribution < 1.29 is 37.7 Å². The molecule has 50 heavy (non-hydrogen) atoms. The lowest BCUT2D eigenvalue weighted by Crippen LogP contribution is -2.26. The Morgan fingerprint density at radius 1 is 1.00 bits per heavy atom. The summed E-state index contributed by atoms with van der Waals surface area (Å²) in [4.78, 5) is 45.0. The zero-order valence-electron chi connectivity index (χ0n) is 27.3. The number of aromatic nitrogens is 1. The van der Waals surface area contributed by atoms with E-state index in [4.69, 9.17) is 15.2 Å². The summed E-state index contributed by atoms with van der Waals surface area (Å²) in [6, 6.07) is 13.9. The Morgan fingerprint density at radius 2 is 1.76 bits per heavy atom. The second-order valence-corrected chi connectivity index (χ2v) is 12.6. The van der Waals surface area contributed by atoms with E-state index in [-0.39, 0.29) is 28.1 Å². The number of carboxylic acids is 1. The van der Waals surface area contributed by atoms with Crippen LogP contribution in [0.15, 0.2) is 60.0 Å². The number of aromatic carboxylic acids is 1. The number of carbonyl (C=O) groups excluding carboxylic acids is 2. The summed E-state index contributed by atoms with van der Waals surface area (Å²) in [6.07, 6.45) is 0.644. The minimum absolute atomic E-state index is 0.0538. The molecule has 1 aliphatic heterocycles. The molecule has 5 aromatic rings. The molecule has 0 atom stereocenters. The molecule has 0 saturated carbocycles. The highest BCUT2D eigenvalue weighted by atomic mass is 32.1. The number of fused-ring (bicyclic) bond motifs is 3. The van der Waals surface area contributed by atoms with Crippen LogP contribution >= 0.6 is 11.3 Å². The highest BCUT2D eigenvalue weighted by Gasteiger charge is 2.27. The predicted molar refractivity (Wildman–Crippen MR) is 185 cm³/mol. The minimum atomic E-state index is -1.47. The first-order valence-electron chi connectivity index (χ1n) is 15.5. The average Bonchev–Trinajstić information content (AvgIpc) is 3.50. The summed E-state index contributed by atoms with van der Waals surface area (Å²) in [6.45, 7) is 3.87. The maximum Gasteiger partial charge on any atom is 0.355 e. The van der Waals surface area contributed by atoms with E-state index in [1.807, 2.05) is 37.4 Å². The van der Waals surface area contributed by atoms with E-state index in [2.05, 4.69) is 15.6 Å². The third-order valence-electron chi connectivity index (χ3n) is 8.47. The molecule has 10 nitrogen and oxygen atoms in total. The Bertz CT molecular complexity index is 2160. The smallest absolute Gasteiger partial charge is 0.355 e. The SMILES string of the molecule is COc1ccc(F)c(CNC(=O)c2ccc(-c3cc4c(cc3C(=O)Nc3c(C)cc(CN)cc3C)-c3sccc3CCO4)c(C(=O)O)n2)c1F. The van der Waals surface area contributed by atoms with Crippen LogP contribution in [0.2, 0.25) is 0 Å². The third-order valence-corrected chi connectivity index (χ3v) is 9.46. The van der Waals surface area contributed by atoms with Crippen LogP contribution in [0.1, 0.15) is 59.2 Å². The van der Waals surface area contributed by atoms with Gasteiger partial charge in [0.05, 0.1) is 13.7 Å². The molecule has 13 heteroatoms. The number of methoxy groups -OCH3 is 1. The lowest BCUT2D eigenvalue weighted by atomic mass is 9.93. The quantitative estimate of drug-likeness (QED) is 0.133. The first-order valence-corrected chi connectivity index (χ1v) is 16.4. The number of hydrogen-bond acceptors (Lipinski definition) is 8. The van der Waals surface area contributed by atoms with Crippen molar-refractivity contribution in [3.05, 3.63) is 116 Å². The lowest BCUT2D eigenvalue weighted by Gasteiger charge is -2.18. The van der Waals surface area contributed by atoms with E-state index in [0.29, 0.717) is 36.6 Å². The zero-order valence-corrected chi connectivity index (χ0v) is 28.1. The van der Waals surface area contributed by atoms with Gasteiger partial charge in [0.15, 0.2) is 17.3 Å². The van der Waals surface area contributed by atoms with Crippen molar-refractivity contribution in [3.63, 3.8) is 0 Å². The first-order chi connectivity index (χ1) is 24.0. The molecule has 256 valence electrons. The number of amides is 2. The molecule has 0 fully saturated rings. The zero-order chi connectivity index (χ0) is 35.7. The van der Waals surface area contributed by atoms with E-state index >= 15 is 0 Å². The number of carbonyl (C=O) groups is 3. The molecule has 1 aliphatic rings. The molecular weight excluding hydrogens is 666 g/mol. The van der Waals surface area contributed by atoms with Crippen molar-refractivity contribution in [2.75, 3.05) is 19.0 Å². The number of nitrogens with one attached hydrogen (secondary N) is 2. The molecule has 3 aromatic carbocycles. The number of thiophene rings is 1. The predicted octanol–water partition coefficient (Wildman–Crippen LogP) is 6.65. The summed E-state index contributed by atoms with van der Waals surface area (Å²) in [5, 5.41) is 17.6. The fourth-order valence-electron chi connectivity index (χ4n) is 6.00. The van der Waals surface area contributed by atoms with Gasteiger partial charge in [0.1, 0.15) is 17.3 Å². The molecule has 3 heterocycles. The molecule has 0 bridgehead atoms. The van der Waals surface area contributed by atoms with Gasteiger partial charge in [0, 0.05) is 57.9 Å². The summed E-state index contributed by atoms with van der Waals surface area (Å²) >= 11 is 1.51. The molecule has 0 saturated heterocycles. The van der Waals surface area contributed by atoms with Crippen LogP contribution in [0.5, 0.6) is 11.5 Å². The molecule has 0 aliphatic carbocycles. The Kier molecular flexibility index (Phi) is 9.62. The number of nitrogens with zero attached hydrogens (tertiary/aromatic N) is 1. The number of halogens is 2. The van der Waals surface area contributed by atoms with Gasteiger partial charge in [0.25, 0.3) is 11.8 Å². The summed E-state index contributed by atoms with van der Waals surface area (Å²) in [5.74, 6) is -4.47. The fourth-order valence-corrected chi connectivity index (χ4v) is 6.97. The number of ether oxygens (including phenoxy) is 2. The number of aryl methyl sites for hydroxylation is 2. The Hall–Kier alpha value is -5.66. The van der Waals surface area contributed by atoms with Crippen LogP contribution in [-0.4, -0.2) is 41.6 Å². The number of anilines is 1. The van der Waals surface area contributed by atoms with Crippen molar-refractivity contribution in [2.24, 2.45) is 5.73 Å². The largest absolute Gasteiger partial charge is 0.494 e. The van der Waals surface area contributed by atoms with E-state index in [9.17, 15) is 28.3 Å². The van der Waals surface area contributed by atoms with Crippen LogP contribution in [0.4, 0.5) is 14.5 Å². The van der Waals surface area contributed by atoms with Gasteiger partial charge in [-0.2, -0.15) is 0 Å². The van der Waals surface area contributed by atoms with Gasteiger partial charge in [-0.3, -0.25) is 9.59 Å². The van der Waals surface area contributed by atoms with Gasteiger partial charge in [-0.15, -0.1) is 11.3 Å². The third kappa shape index (κ3) is 6.52. The standard InChI is InChI=1S/C37H32F2N4O6S/c1-18-12-20(16-40)13-19(2)32(18)43-35(44)24-14-25-30(49-10-8-21-9-11-50-34(21)25)15-23(24)22-4-6-28(42-33(22)37(46)47)36(45)41-17-26-27(38)5-7-29(48-3)31(26)39/h4-7,9,11-15H,8,10,16-17,40H2,1-3H3,(H,41,45)(H,43,44)(H,46,47). The topological polar surface area (TPSA) is 153 Å². The number of pyridine rings is 1.